The average molecular weight is 391 g/mol. The molecule has 4 heteroatoms. The summed E-state index contributed by atoms with van der Waals surface area (Å²) >= 11 is 1.61. The number of hydrogen-bond acceptors (Lipinski definition) is 3. The highest BCUT2D eigenvalue weighted by Crippen LogP contribution is 2.62. The van der Waals surface area contributed by atoms with Gasteiger partial charge in [0.25, 0.3) is 0 Å². The van der Waals surface area contributed by atoms with Crippen LogP contribution in [0.3, 0.4) is 0 Å². The Kier molecular flexibility index (Phi) is 3.99. The van der Waals surface area contributed by atoms with Crippen LogP contribution in [0.4, 0.5) is 0 Å². The van der Waals surface area contributed by atoms with E-state index in [1.807, 2.05) is 42.5 Å². The highest BCUT2D eigenvalue weighted by molar-refractivity contribution is 8.04. The molecule has 3 aromatic rings. The number of sulfone groups is 1. The van der Waals surface area contributed by atoms with Gasteiger partial charge in [-0.2, -0.15) is 0 Å². The van der Waals surface area contributed by atoms with Crippen LogP contribution in [0.15, 0.2) is 105 Å². The lowest BCUT2D eigenvalue weighted by atomic mass is 9.97. The molecule has 0 spiro atoms. The molecule has 0 saturated heterocycles. The van der Waals surface area contributed by atoms with Crippen LogP contribution < -0.4 is 0 Å². The SMILES string of the molecule is O=S(=O)(C1=C(Sc2ccccc2)[C@H]2C[C@@H]1c1ccccc12)c1ccccc1. The van der Waals surface area contributed by atoms with Crippen molar-refractivity contribution in [2.45, 2.75) is 28.0 Å². The minimum Gasteiger partial charge on any atom is -0.219 e. The lowest BCUT2D eigenvalue weighted by Crippen LogP contribution is -2.13. The highest BCUT2D eigenvalue weighted by atomic mass is 32.2. The number of thioether (sulfide) groups is 1. The fraction of sp³-hybridized carbons (Fsp3) is 0.130. The number of allylic oxidation sites excluding steroid dienone is 2. The molecule has 0 fully saturated rings. The van der Waals surface area contributed by atoms with Crippen molar-refractivity contribution in [2.24, 2.45) is 0 Å². The zero-order valence-corrected chi connectivity index (χ0v) is 16.2. The third kappa shape index (κ3) is 2.67. The summed E-state index contributed by atoms with van der Waals surface area (Å²) in [6.45, 7) is 0. The third-order valence-electron chi connectivity index (χ3n) is 5.41. The molecular formula is C23H18O2S2. The maximum Gasteiger partial charge on any atom is 0.204 e. The smallest absolute Gasteiger partial charge is 0.204 e. The van der Waals surface area contributed by atoms with E-state index in [-0.39, 0.29) is 11.8 Å². The average Bonchev–Trinajstić information content (AvgIpc) is 3.27. The van der Waals surface area contributed by atoms with Crippen LogP contribution in [0.1, 0.15) is 29.4 Å². The van der Waals surface area contributed by atoms with Crippen molar-refractivity contribution in [3.05, 3.63) is 106 Å². The van der Waals surface area contributed by atoms with Crippen LogP contribution in [-0.4, -0.2) is 8.42 Å². The lowest BCUT2D eigenvalue weighted by Gasteiger charge is -2.22. The Labute approximate surface area is 163 Å². The van der Waals surface area contributed by atoms with Gasteiger partial charge in [0.1, 0.15) is 0 Å². The molecule has 3 aromatic carbocycles. The zero-order valence-electron chi connectivity index (χ0n) is 14.6. The molecule has 0 saturated carbocycles. The second-order valence-electron chi connectivity index (χ2n) is 6.93. The number of hydrogen-bond donors (Lipinski definition) is 0. The Morgan fingerprint density at radius 3 is 1.93 bits per heavy atom. The second-order valence-corrected chi connectivity index (χ2v) is 9.96. The van der Waals surface area contributed by atoms with Crippen molar-refractivity contribution in [3.8, 4) is 0 Å². The summed E-state index contributed by atoms with van der Waals surface area (Å²) in [6.07, 6.45) is 0.857. The first-order valence-corrected chi connectivity index (χ1v) is 11.3. The van der Waals surface area contributed by atoms with Gasteiger partial charge in [-0.15, -0.1) is 0 Å². The molecule has 0 radical (unpaired) electrons. The predicted molar refractivity (Wildman–Crippen MR) is 109 cm³/mol. The number of fused-ring (bicyclic) bond motifs is 5. The standard InChI is InChI=1S/C23H18O2S2/c24-27(25,17-11-5-2-6-12-17)23-21-15-20(18-13-7-8-14-19(18)21)22(23)26-16-9-3-1-4-10-16/h1-14,20-21H,15H2/t20-,21+/m0/s1. The van der Waals surface area contributed by atoms with Gasteiger partial charge in [-0.05, 0) is 41.8 Å². The second kappa shape index (κ2) is 6.39. The molecule has 0 N–H and O–H groups in total. The Hall–Kier alpha value is -2.30. The summed E-state index contributed by atoms with van der Waals surface area (Å²) in [5.41, 5.74) is 2.46. The van der Waals surface area contributed by atoms with Gasteiger partial charge in [-0.25, -0.2) is 8.42 Å². The summed E-state index contributed by atoms with van der Waals surface area (Å²) in [5, 5.41) is 0. The Balaban J connectivity index is 1.69. The van der Waals surface area contributed by atoms with Gasteiger partial charge in [0.15, 0.2) is 0 Å². The van der Waals surface area contributed by atoms with Gasteiger partial charge >= 0.3 is 0 Å². The van der Waals surface area contributed by atoms with E-state index < -0.39 is 9.84 Å². The topological polar surface area (TPSA) is 34.1 Å². The molecule has 2 aliphatic rings. The summed E-state index contributed by atoms with van der Waals surface area (Å²) < 4.78 is 27.1. The molecule has 134 valence electrons. The molecule has 0 heterocycles. The van der Waals surface area contributed by atoms with E-state index in [0.29, 0.717) is 9.80 Å². The Morgan fingerprint density at radius 2 is 1.26 bits per heavy atom. The van der Waals surface area contributed by atoms with E-state index in [1.165, 1.54) is 11.1 Å². The van der Waals surface area contributed by atoms with Gasteiger partial charge in [0.05, 0.1) is 9.80 Å². The van der Waals surface area contributed by atoms with Crippen molar-refractivity contribution in [3.63, 3.8) is 0 Å². The summed E-state index contributed by atoms with van der Waals surface area (Å²) in [5.74, 6) is 0.132. The Morgan fingerprint density at radius 1 is 0.704 bits per heavy atom. The fourth-order valence-electron chi connectivity index (χ4n) is 4.26. The predicted octanol–water partition coefficient (Wildman–Crippen LogP) is 5.75. The normalized spacial score (nSPS) is 20.7. The quantitative estimate of drug-likeness (QED) is 0.569. The monoisotopic (exact) mass is 390 g/mol. The van der Waals surface area contributed by atoms with Crippen molar-refractivity contribution in [1.82, 2.24) is 0 Å². The van der Waals surface area contributed by atoms with Crippen LogP contribution in [0.25, 0.3) is 0 Å². The molecular weight excluding hydrogens is 372 g/mol. The first-order chi connectivity index (χ1) is 13.2. The molecule has 0 unspecified atom stereocenters. The number of benzene rings is 3. The van der Waals surface area contributed by atoms with Gasteiger partial charge in [0, 0.05) is 21.6 Å². The minimum absolute atomic E-state index is 0.0392. The minimum atomic E-state index is -3.52. The third-order valence-corrected chi connectivity index (χ3v) is 8.75. The van der Waals surface area contributed by atoms with Crippen LogP contribution in [-0.2, 0) is 9.84 Å². The zero-order chi connectivity index (χ0) is 18.4. The maximum absolute atomic E-state index is 13.6. The highest BCUT2D eigenvalue weighted by Gasteiger charge is 2.48. The summed E-state index contributed by atoms with van der Waals surface area (Å²) in [4.78, 5) is 3.06. The van der Waals surface area contributed by atoms with E-state index in [9.17, 15) is 8.42 Å². The largest absolute Gasteiger partial charge is 0.219 e. The van der Waals surface area contributed by atoms with Crippen molar-refractivity contribution >= 4 is 21.6 Å². The molecule has 0 aliphatic heterocycles. The maximum atomic E-state index is 13.6. The fourth-order valence-corrected chi connectivity index (χ4v) is 7.64. The van der Waals surface area contributed by atoms with E-state index in [0.717, 1.165) is 16.2 Å². The van der Waals surface area contributed by atoms with E-state index in [1.54, 1.807) is 36.0 Å². The van der Waals surface area contributed by atoms with E-state index in [2.05, 4.69) is 18.2 Å². The van der Waals surface area contributed by atoms with Crippen molar-refractivity contribution in [1.29, 1.82) is 0 Å². The van der Waals surface area contributed by atoms with E-state index in [4.69, 9.17) is 0 Å². The molecule has 0 amide bonds. The van der Waals surface area contributed by atoms with Gasteiger partial charge in [-0.3, -0.25) is 0 Å². The lowest BCUT2D eigenvalue weighted by molar-refractivity contribution is 0.598. The van der Waals surface area contributed by atoms with Crippen LogP contribution >= 0.6 is 11.8 Å². The summed E-state index contributed by atoms with van der Waals surface area (Å²) in [6, 6.07) is 27.2. The first kappa shape index (κ1) is 16.8. The molecule has 2 bridgehead atoms. The molecule has 27 heavy (non-hydrogen) atoms. The van der Waals surface area contributed by atoms with Crippen molar-refractivity contribution < 1.29 is 8.42 Å². The Bertz CT molecular complexity index is 1130. The van der Waals surface area contributed by atoms with Crippen LogP contribution in [0.5, 0.6) is 0 Å². The molecule has 2 nitrogen and oxygen atoms in total. The van der Waals surface area contributed by atoms with E-state index >= 15 is 0 Å². The molecule has 0 aromatic heterocycles. The number of rotatable bonds is 4. The molecule has 2 atom stereocenters. The molecule has 2 aliphatic carbocycles. The van der Waals surface area contributed by atoms with Crippen LogP contribution in [0, 0.1) is 0 Å². The van der Waals surface area contributed by atoms with Gasteiger partial charge in [0.2, 0.25) is 9.84 Å². The van der Waals surface area contributed by atoms with Crippen molar-refractivity contribution in [2.75, 3.05) is 0 Å². The first-order valence-electron chi connectivity index (χ1n) is 9.02. The van der Waals surface area contributed by atoms with Gasteiger partial charge < -0.3 is 0 Å². The summed E-state index contributed by atoms with van der Waals surface area (Å²) in [7, 11) is -3.52. The van der Waals surface area contributed by atoms with Gasteiger partial charge in [-0.1, -0.05) is 72.4 Å². The van der Waals surface area contributed by atoms with Crippen LogP contribution in [0.2, 0.25) is 0 Å². The molecule has 5 rings (SSSR count).